The summed E-state index contributed by atoms with van der Waals surface area (Å²) in [6.07, 6.45) is 1.78. The topological polar surface area (TPSA) is 52.1 Å². The van der Waals surface area contributed by atoms with E-state index in [9.17, 15) is 0 Å². The largest absolute Gasteiger partial charge is 0.466 e. The SMILES string of the molecule is Cc1cc(-c2nnc(/C(Cl)=C/c3ccccc3)o2)c(C)o1. The van der Waals surface area contributed by atoms with Crippen molar-refractivity contribution in [1.82, 2.24) is 10.2 Å². The zero-order valence-electron chi connectivity index (χ0n) is 11.6. The van der Waals surface area contributed by atoms with Crippen LogP contribution in [0.15, 0.2) is 45.2 Å². The molecule has 3 aromatic rings. The summed E-state index contributed by atoms with van der Waals surface area (Å²) in [5.74, 6) is 2.23. The van der Waals surface area contributed by atoms with Gasteiger partial charge in [0.15, 0.2) is 0 Å². The Labute approximate surface area is 127 Å². The van der Waals surface area contributed by atoms with Crippen LogP contribution in [0.2, 0.25) is 0 Å². The first-order chi connectivity index (χ1) is 10.1. The summed E-state index contributed by atoms with van der Waals surface area (Å²) >= 11 is 6.23. The maximum absolute atomic E-state index is 6.23. The van der Waals surface area contributed by atoms with E-state index < -0.39 is 0 Å². The van der Waals surface area contributed by atoms with Gasteiger partial charge in [0.05, 0.1) is 5.56 Å². The number of nitrogens with zero attached hydrogens (tertiary/aromatic N) is 2. The fourth-order valence-corrected chi connectivity index (χ4v) is 2.23. The second-order valence-corrected chi connectivity index (χ2v) is 5.05. The number of rotatable bonds is 3. The number of furan rings is 1. The third-order valence-electron chi connectivity index (χ3n) is 2.99. The Bertz CT molecular complexity index is 788. The maximum atomic E-state index is 6.23. The maximum Gasteiger partial charge on any atom is 0.259 e. The molecule has 0 aliphatic rings. The number of halogens is 1. The average molecular weight is 301 g/mol. The highest BCUT2D eigenvalue weighted by molar-refractivity contribution is 6.50. The molecule has 0 fully saturated rings. The molecule has 4 nitrogen and oxygen atoms in total. The van der Waals surface area contributed by atoms with E-state index in [4.69, 9.17) is 20.4 Å². The van der Waals surface area contributed by atoms with E-state index in [0.29, 0.717) is 10.9 Å². The monoisotopic (exact) mass is 300 g/mol. The van der Waals surface area contributed by atoms with Crippen LogP contribution in [0.5, 0.6) is 0 Å². The van der Waals surface area contributed by atoms with Crippen LogP contribution in [0.1, 0.15) is 23.0 Å². The van der Waals surface area contributed by atoms with Crippen molar-refractivity contribution in [2.75, 3.05) is 0 Å². The second kappa shape index (κ2) is 5.58. The van der Waals surface area contributed by atoms with Gasteiger partial charge in [-0.3, -0.25) is 0 Å². The van der Waals surface area contributed by atoms with Gasteiger partial charge in [0.2, 0.25) is 0 Å². The van der Waals surface area contributed by atoms with E-state index in [0.717, 1.165) is 22.6 Å². The van der Waals surface area contributed by atoms with Crippen LogP contribution in [0.3, 0.4) is 0 Å². The van der Waals surface area contributed by atoms with Crippen molar-refractivity contribution in [2.45, 2.75) is 13.8 Å². The first-order valence-electron chi connectivity index (χ1n) is 6.47. The van der Waals surface area contributed by atoms with E-state index in [1.54, 1.807) is 6.08 Å². The van der Waals surface area contributed by atoms with Crippen LogP contribution in [0, 0.1) is 13.8 Å². The normalized spacial score (nSPS) is 11.9. The molecule has 0 saturated carbocycles. The summed E-state index contributed by atoms with van der Waals surface area (Å²) in [6.45, 7) is 3.73. The number of aryl methyl sites for hydroxylation is 2. The van der Waals surface area contributed by atoms with Gasteiger partial charge in [-0.2, -0.15) is 0 Å². The number of hydrogen-bond acceptors (Lipinski definition) is 4. The Morgan fingerprint density at radius 3 is 2.52 bits per heavy atom. The van der Waals surface area contributed by atoms with Gasteiger partial charge in [-0.05, 0) is 31.6 Å². The van der Waals surface area contributed by atoms with Gasteiger partial charge in [-0.1, -0.05) is 41.9 Å². The highest BCUT2D eigenvalue weighted by Crippen LogP contribution is 2.28. The number of hydrogen-bond donors (Lipinski definition) is 0. The molecule has 0 aliphatic heterocycles. The molecule has 3 rings (SSSR count). The van der Waals surface area contributed by atoms with Crippen molar-refractivity contribution in [2.24, 2.45) is 0 Å². The van der Waals surface area contributed by atoms with Crippen LogP contribution in [-0.4, -0.2) is 10.2 Å². The van der Waals surface area contributed by atoms with Crippen LogP contribution in [0.25, 0.3) is 22.6 Å². The fraction of sp³-hybridized carbons (Fsp3) is 0.125. The molecule has 106 valence electrons. The predicted molar refractivity (Wildman–Crippen MR) is 81.6 cm³/mol. The first kappa shape index (κ1) is 13.6. The van der Waals surface area contributed by atoms with Crippen molar-refractivity contribution >= 4 is 22.7 Å². The van der Waals surface area contributed by atoms with Crippen molar-refractivity contribution in [3.05, 3.63) is 59.4 Å². The molecule has 2 aromatic heterocycles. The lowest BCUT2D eigenvalue weighted by molar-refractivity contribution is 0.502. The molecule has 0 atom stereocenters. The molecule has 0 N–H and O–H groups in total. The van der Waals surface area contributed by atoms with Gasteiger partial charge in [-0.25, -0.2) is 0 Å². The Morgan fingerprint density at radius 2 is 1.86 bits per heavy atom. The van der Waals surface area contributed by atoms with E-state index in [2.05, 4.69) is 10.2 Å². The Kier molecular flexibility index (Phi) is 3.62. The van der Waals surface area contributed by atoms with E-state index in [-0.39, 0.29) is 5.89 Å². The molecule has 0 amide bonds. The zero-order valence-corrected chi connectivity index (χ0v) is 12.4. The van der Waals surface area contributed by atoms with Crippen LogP contribution >= 0.6 is 11.6 Å². The first-order valence-corrected chi connectivity index (χ1v) is 6.85. The van der Waals surface area contributed by atoms with Gasteiger partial charge >= 0.3 is 0 Å². The molecule has 0 aliphatic carbocycles. The van der Waals surface area contributed by atoms with Crippen LogP contribution in [0.4, 0.5) is 0 Å². The van der Waals surface area contributed by atoms with Crippen molar-refractivity contribution in [3.63, 3.8) is 0 Å². The highest BCUT2D eigenvalue weighted by Gasteiger charge is 2.15. The molecule has 2 heterocycles. The molecule has 0 spiro atoms. The average Bonchev–Trinajstić information content (AvgIpc) is 3.06. The summed E-state index contributed by atoms with van der Waals surface area (Å²) in [4.78, 5) is 0. The smallest absolute Gasteiger partial charge is 0.259 e. The Morgan fingerprint density at radius 1 is 1.10 bits per heavy atom. The zero-order chi connectivity index (χ0) is 14.8. The van der Waals surface area contributed by atoms with Crippen molar-refractivity contribution < 1.29 is 8.83 Å². The molecule has 5 heteroatoms. The van der Waals surface area contributed by atoms with Crippen LogP contribution in [-0.2, 0) is 0 Å². The summed E-state index contributed by atoms with van der Waals surface area (Å²) in [5, 5.41) is 8.40. The minimum absolute atomic E-state index is 0.286. The third-order valence-corrected chi connectivity index (χ3v) is 3.26. The van der Waals surface area contributed by atoms with E-state index in [1.165, 1.54) is 0 Å². The lowest BCUT2D eigenvalue weighted by Gasteiger charge is -1.94. The molecule has 1 aromatic carbocycles. The fourth-order valence-electron chi connectivity index (χ4n) is 2.03. The van der Waals surface area contributed by atoms with Gasteiger partial charge in [0.25, 0.3) is 11.8 Å². The Hall–Kier alpha value is -2.33. The lowest BCUT2D eigenvalue weighted by Crippen LogP contribution is -1.78. The highest BCUT2D eigenvalue weighted by atomic mass is 35.5. The molecule has 0 bridgehead atoms. The number of aromatic nitrogens is 2. The molecule has 0 unspecified atom stereocenters. The van der Waals surface area contributed by atoms with Crippen molar-refractivity contribution in [3.8, 4) is 11.5 Å². The van der Waals surface area contributed by atoms with Crippen LogP contribution < -0.4 is 0 Å². The molecular formula is C16H13ClN2O2. The summed E-state index contributed by atoms with van der Waals surface area (Å²) in [6, 6.07) is 11.6. The molecule has 0 radical (unpaired) electrons. The molecule has 0 saturated heterocycles. The lowest BCUT2D eigenvalue weighted by atomic mass is 10.2. The van der Waals surface area contributed by atoms with Gasteiger partial charge in [0.1, 0.15) is 16.6 Å². The Balaban J connectivity index is 1.92. The second-order valence-electron chi connectivity index (χ2n) is 4.64. The minimum Gasteiger partial charge on any atom is -0.466 e. The van der Waals surface area contributed by atoms with E-state index in [1.807, 2.05) is 50.2 Å². The minimum atomic E-state index is 0.286. The molecule has 21 heavy (non-hydrogen) atoms. The summed E-state index contributed by atoms with van der Waals surface area (Å²) < 4.78 is 11.1. The van der Waals surface area contributed by atoms with Crippen molar-refractivity contribution in [1.29, 1.82) is 0 Å². The van der Waals surface area contributed by atoms with E-state index >= 15 is 0 Å². The number of benzene rings is 1. The molecular weight excluding hydrogens is 288 g/mol. The standard InChI is InChI=1S/C16H13ClN2O2/c1-10-8-13(11(2)20-10)15-18-19-16(21-15)14(17)9-12-6-4-3-5-7-12/h3-9H,1-2H3/b14-9-. The quantitative estimate of drug-likeness (QED) is 0.704. The van der Waals surface area contributed by atoms with Gasteiger partial charge < -0.3 is 8.83 Å². The summed E-state index contributed by atoms with van der Waals surface area (Å²) in [7, 11) is 0. The third kappa shape index (κ3) is 2.90. The summed E-state index contributed by atoms with van der Waals surface area (Å²) in [5.41, 5.74) is 1.76. The predicted octanol–water partition coefficient (Wildman–Crippen LogP) is 4.68. The van der Waals surface area contributed by atoms with Gasteiger partial charge in [0, 0.05) is 0 Å². The van der Waals surface area contributed by atoms with Gasteiger partial charge in [-0.15, -0.1) is 10.2 Å².